The monoisotopic (exact) mass is 569 g/mol. The van der Waals surface area contributed by atoms with Gasteiger partial charge in [-0.15, -0.1) is 0 Å². The van der Waals surface area contributed by atoms with E-state index in [0.29, 0.717) is 17.9 Å². The Kier molecular flexibility index (Phi) is 10.3. The van der Waals surface area contributed by atoms with E-state index in [0.717, 1.165) is 15.9 Å². The lowest BCUT2D eigenvalue weighted by molar-refractivity contribution is -0.139. The summed E-state index contributed by atoms with van der Waals surface area (Å²) in [7, 11) is -2.80. The van der Waals surface area contributed by atoms with Crippen molar-refractivity contribution in [3.63, 3.8) is 0 Å². The van der Waals surface area contributed by atoms with Crippen LogP contribution in [-0.4, -0.2) is 51.4 Å². The first kappa shape index (κ1) is 30.6. The molecule has 10 heteroatoms. The molecule has 1 N–H and O–H groups in total. The number of amides is 2. The second-order valence-electron chi connectivity index (χ2n) is 9.96. The third-order valence-corrected chi connectivity index (χ3v) is 8.15. The predicted octanol–water partition coefficient (Wildman–Crippen LogP) is 4.53. The maximum atomic E-state index is 15.0. The van der Waals surface area contributed by atoms with E-state index in [-0.39, 0.29) is 29.0 Å². The molecule has 3 aromatic carbocycles. The van der Waals surface area contributed by atoms with E-state index in [9.17, 15) is 22.4 Å². The number of halogens is 1. The number of anilines is 1. The first-order valence-electron chi connectivity index (χ1n) is 13.0. The van der Waals surface area contributed by atoms with Crippen molar-refractivity contribution in [1.29, 1.82) is 0 Å². The lowest BCUT2D eigenvalue weighted by Gasteiger charge is -2.32. The van der Waals surface area contributed by atoms with Crippen molar-refractivity contribution < 1.29 is 27.1 Å². The smallest absolute Gasteiger partial charge is 0.264 e. The number of aryl methyl sites for hydroxylation is 1. The van der Waals surface area contributed by atoms with Crippen LogP contribution < -0.4 is 14.4 Å². The van der Waals surface area contributed by atoms with Gasteiger partial charge < -0.3 is 15.0 Å². The van der Waals surface area contributed by atoms with Gasteiger partial charge in [-0.2, -0.15) is 0 Å². The van der Waals surface area contributed by atoms with Gasteiger partial charge in [0.05, 0.1) is 17.7 Å². The molecular formula is C30H36FN3O5S. The van der Waals surface area contributed by atoms with Gasteiger partial charge in [0, 0.05) is 13.1 Å². The number of nitrogens with zero attached hydrogens (tertiary/aromatic N) is 2. The topological polar surface area (TPSA) is 96.0 Å². The number of hydrogen-bond acceptors (Lipinski definition) is 5. The first-order chi connectivity index (χ1) is 18.9. The average Bonchev–Trinajstić information content (AvgIpc) is 2.93. The van der Waals surface area contributed by atoms with Gasteiger partial charge in [-0.3, -0.25) is 13.9 Å². The molecule has 0 bridgehead atoms. The molecular weight excluding hydrogens is 533 g/mol. The van der Waals surface area contributed by atoms with Gasteiger partial charge >= 0.3 is 0 Å². The Morgan fingerprint density at radius 3 is 2.15 bits per heavy atom. The molecule has 214 valence electrons. The zero-order valence-electron chi connectivity index (χ0n) is 23.4. The molecule has 0 aliphatic heterocycles. The summed E-state index contributed by atoms with van der Waals surface area (Å²) in [6, 6.07) is 17.5. The quantitative estimate of drug-likeness (QED) is 0.346. The summed E-state index contributed by atoms with van der Waals surface area (Å²) in [5.41, 5.74) is 1.29. The Morgan fingerprint density at radius 1 is 0.950 bits per heavy atom. The van der Waals surface area contributed by atoms with E-state index in [2.05, 4.69) is 5.32 Å². The van der Waals surface area contributed by atoms with Crippen LogP contribution in [0, 0.1) is 18.7 Å². The van der Waals surface area contributed by atoms with Crippen molar-refractivity contribution in [3.05, 3.63) is 89.7 Å². The third-order valence-electron chi connectivity index (χ3n) is 6.37. The molecule has 1 atom stereocenters. The number of ether oxygens (including phenoxy) is 1. The third kappa shape index (κ3) is 7.59. The minimum Gasteiger partial charge on any atom is -0.497 e. The molecule has 40 heavy (non-hydrogen) atoms. The van der Waals surface area contributed by atoms with Crippen molar-refractivity contribution in [2.75, 3.05) is 24.5 Å². The lowest BCUT2D eigenvalue weighted by Crippen LogP contribution is -2.51. The maximum Gasteiger partial charge on any atom is 0.264 e. The minimum absolute atomic E-state index is 0.0226. The minimum atomic E-state index is -4.34. The van der Waals surface area contributed by atoms with Crippen molar-refractivity contribution in [2.24, 2.45) is 5.92 Å². The van der Waals surface area contributed by atoms with Crippen LogP contribution in [-0.2, 0) is 26.2 Å². The molecule has 0 saturated heterocycles. The number of methoxy groups -OCH3 is 1. The molecule has 2 amide bonds. The molecule has 8 nitrogen and oxygen atoms in total. The van der Waals surface area contributed by atoms with E-state index >= 15 is 0 Å². The molecule has 0 fully saturated rings. The average molecular weight is 570 g/mol. The van der Waals surface area contributed by atoms with E-state index in [1.54, 1.807) is 43.3 Å². The van der Waals surface area contributed by atoms with Crippen LogP contribution in [0.25, 0.3) is 0 Å². The van der Waals surface area contributed by atoms with Crippen LogP contribution in [0.3, 0.4) is 0 Å². The van der Waals surface area contributed by atoms with Crippen LogP contribution in [0.2, 0.25) is 0 Å². The van der Waals surface area contributed by atoms with E-state index in [1.807, 2.05) is 20.8 Å². The second-order valence-corrected chi connectivity index (χ2v) is 11.8. The van der Waals surface area contributed by atoms with E-state index in [1.165, 1.54) is 42.3 Å². The Morgan fingerprint density at radius 2 is 1.57 bits per heavy atom. The lowest BCUT2D eigenvalue weighted by atomic mass is 10.1. The fourth-order valence-electron chi connectivity index (χ4n) is 3.97. The van der Waals surface area contributed by atoms with Crippen LogP contribution in [0.5, 0.6) is 5.75 Å². The van der Waals surface area contributed by atoms with Crippen molar-refractivity contribution in [1.82, 2.24) is 10.2 Å². The van der Waals surface area contributed by atoms with Gasteiger partial charge in [0.2, 0.25) is 11.8 Å². The Balaban J connectivity index is 2.01. The largest absolute Gasteiger partial charge is 0.497 e. The van der Waals surface area contributed by atoms with Gasteiger partial charge in [0.1, 0.15) is 24.2 Å². The van der Waals surface area contributed by atoms with Gasteiger partial charge in [-0.05, 0) is 61.7 Å². The van der Waals surface area contributed by atoms with Gasteiger partial charge in [0.25, 0.3) is 10.0 Å². The van der Waals surface area contributed by atoms with E-state index < -0.39 is 34.3 Å². The SMILES string of the molecule is COc1ccc(CN(C(=O)CN(c2ccccc2F)S(=O)(=O)c2ccc(C)cc2)[C@H](C)C(=O)NCC(C)C)cc1. The number of nitrogens with one attached hydrogen (secondary N) is 1. The fraction of sp³-hybridized carbons (Fsp3) is 0.333. The van der Waals surface area contributed by atoms with Crippen LogP contribution in [0.15, 0.2) is 77.7 Å². The maximum absolute atomic E-state index is 15.0. The van der Waals surface area contributed by atoms with Crippen molar-refractivity contribution in [3.8, 4) is 5.75 Å². The molecule has 0 aliphatic rings. The van der Waals surface area contributed by atoms with Gasteiger partial charge in [-0.1, -0.05) is 55.8 Å². The standard InChI is InChI=1S/C30H36FN3O5S/c1-21(2)18-32-30(36)23(4)33(19-24-12-14-25(39-5)15-13-24)29(35)20-34(28-9-7-6-8-27(28)31)40(37,38)26-16-10-22(3)11-17-26/h6-17,21,23H,18-20H2,1-5H3,(H,32,36)/t23-/m1/s1. The summed E-state index contributed by atoms with van der Waals surface area (Å²) in [5, 5.41) is 2.83. The number of para-hydroxylation sites is 1. The summed E-state index contributed by atoms with van der Waals surface area (Å²) in [5.74, 6) is -1.02. The van der Waals surface area contributed by atoms with Crippen LogP contribution >= 0.6 is 0 Å². The summed E-state index contributed by atoms with van der Waals surface area (Å²) < 4.78 is 48.5. The van der Waals surface area contributed by atoms with Crippen LogP contribution in [0.1, 0.15) is 31.9 Å². The number of benzene rings is 3. The number of rotatable bonds is 12. The molecule has 0 radical (unpaired) electrons. The Labute approximate surface area is 235 Å². The highest BCUT2D eigenvalue weighted by Gasteiger charge is 2.33. The first-order valence-corrected chi connectivity index (χ1v) is 14.4. The van der Waals surface area contributed by atoms with Crippen molar-refractivity contribution in [2.45, 2.75) is 45.2 Å². The molecule has 3 rings (SSSR count). The molecule has 3 aromatic rings. The highest BCUT2D eigenvalue weighted by molar-refractivity contribution is 7.92. The van der Waals surface area contributed by atoms with Gasteiger partial charge in [-0.25, -0.2) is 12.8 Å². The molecule has 0 aliphatic carbocycles. The zero-order chi connectivity index (χ0) is 29.4. The van der Waals surface area contributed by atoms with E-state index in [4.69, 9.17) is 4.74 Å². The number of sulfonamides is 1. The second kappa shape index (κ2) is 13.4. The fourth-order valence-corrected chi connectivity index (χ4v) is 5.39. The number of hydrogen-bond donors (Lipinski definition) is 1. The summed E-state index contributed by atoms with van der Waals surface area (Å²) in [6.07, 6.45) is 0. The Bertz CT molecular complexity index is 1410. The summed E-state index contributed by atoms with van der Waals surface area (Å²) in [4.78, 5) is 28.1. The molecule has 0 heterocycles. The summed E-state index contributed by atoms with van der Waals surface area (Å²) >= 11 is 0. The highest BCUT2D eigenvalue weighted by Crippen LogP contribution is 2.27. The highest BCUT2D eigenvalue weighted by atomic mass is 32.2. The van der Waals surface area contributed by atoms with Gasteiger partial charge in [0.15, 0.2) is 0 Å². The summed E-state index contributed by atoms with van der Waals surface area (Å²) in [6.45, 7) is 7.03. The van der Waals surface area contributed by atoms with Crippen LogP contribution in [0.4, 0.5) is 10.1 Å². The molecule has 0 saturated carbocycles. The Hall–Kier alpha value is -3.92. The van der Waals surface area contributed by atoms with Crippen molar-refractivity contribution >= 4 is 27.5 Å². The molecule has 0 spiro atoms. The number of carbonyl (C=O) groups excluding carboxylic acids is 2. The molecule has 0 aromatic heterocycles. The molecule has 0 unspecified atom stereocenters. The predicted molar refractivity (Wildman–Crippen MR) is 153 cm³/mol. The zero-order valence-corrected chi connectivity index (χ0v) is 24.2. The number of carbonyl (C=O) groups is 2. The normalized spacial score (nSPS) is 12.1.